The van der Waals surface area contributed by atoms with E-state index in [1.807, 2.05) is 45.9 Å². The predicted octanol–water partition coefficient (Wildman–Crippen LogP) is 4.20. The third-order valence-corrected chi connectivity index (χ3v) is 6.52. The predicted molar refractivity (Wildman–Crippen MR) is 106 cm³/mol. The Kier molecular flexibility index (Phi) is 4.99. The Bertz CT molecular complexity index is 980. The van der Waals surface area contributed by atoms with Gasteiger partial charge in [-0.05, 0) is 69.5 Å². The summed E-state index contributed by atoms with van der Waals surface area (Å²) in [5.41, 5.74) is 2.92. The van der Waals surface area contributed by atoms with E-state index in [-0.39, 0.29) is 10.9 Å². The standard InChI is InChI=1S/C21H27NO4S/c1-13-7-8-16-17(12-21(4,5)26-19(16)9-13)22-27(23,24)20-11-14(2)18(25-6)10-15(20)3/h7-11,17,22H,12H2,1-6H3/t17-/m1/s1. The molecule has 0 saturated heterocycles. The van der Waals surface area contributed by atoms with Gasteiger partial charge in [0, 0.05) is 12.0 Å². The van der Waals surface area contributed by atoms with E-state index >= 15 is 0 Å². The number of ether oxygens (including phenoxy) is 2. The summed E-state index contributed by atoms with van der Waals surface area (Å²) in [6.45, 7) is 9.56. The molecular weight excluding hydrogens is 362 g/mol. The molecule has 27 heavy (non-hydrogen) atoms. The zero-order chi connectivity index (χ0) is 20.0. The zero-order valence-electron chi connectivity index (χ0n) is 16.7. The maximum absolute atomic E-state index is 13.2. The molecule has 1 aliphatic heterocycles. The normalized spacial score (nSPS) is 18.5. The minimum atomic E-state index is -3.70. The van der Waals surface area contributed by atoms with Crippen LogP contribution in [0.15, 0.2) is 35.2 Å². The lowest BCUT2D eigenvalue weighted by Gasteiger charge is -2.38. The van der Waals surface area contributed by atoms with E-state index in [1.54, 1.807) is 26.2 Å². The van der Waals surface area contributed by atoms with Gasteiger partial charge in [-0.1, -0.05) is 12.1 Å². The van der Waals surface area contributed by atoms with Crippen LogP contribution in [0.2, 0.25) is 0 Å². The third-order valence-electron chi connectivity index (χ3n) is 4.91. The molecular formula is C21H27NO4S. The number of aryl methyl sites for hydroxylation is 3. The van der Waals surface area contributed by atoms with Crippen molar-refractivity contribution in [3.05, 3.63) is 52.6 Å². The molecule has 2 aromatic carbocycles. The summed E-state index contributed by atoms with van der Waals surface area (Å²) in [7, 11) is -2.12. The highest BCUT2D eigenvalue weighted by molar-refractivity contribution is 7.89. The van der Waals surface area contributed by atoms with Crippen LogP contribution in [0.5, 0.6) is 11.5 Å². The molecule has 3 rings (SSSR count). The van der Waals surface area contributed by atoms with Crippen molar-refractivity contribution < 1.29 is 17.9 Å². The molecule has 0 aliphatic carbocycles. The van der Waals surface area contributed by atoms with Gasteiger partial charge >= 0.3 is 0 Å². The molecule has 6 heteroatoms. The molecule has 0 spiro atoms. The second kappa shape index (κ2) is 6.84. The van der Waals surface area contributed by atoms with Crippen molar-refractivity contribution in [1.82, 2.24) is 4.72 Å². The van der Waals surface area contributed by atoms with Crippen molar-refractivity contribution in [2.24, 2.45) is 0 Å². The van der Waals surface area contributed by atoms with E-state index in [2.05, 4.69) is 4.72 Å². The maximum Gasteiger partial charge on any atom is 0.241 e. The summed E-state index contributed by atoms with van der Waals surface area (Å²) in [5.74, 6) is 1.42. The Hall–Kier alpha value is -2.05. The maximum atomic E-state index is 13.2. The van der Waals surface area contributed by atoms with Crippen LogP contribution in [0.1, 0.15) is 48.6 Å². The summed E-state index contributed by atoms with van der Waals surface area (Å²) >= 11 is 0. The first-order valence-electron chi connectivity index (χ1n) is 8.99. The minimum absolute atomic E-state index is 0.277. The molecule has 0 unspecified atom stereocenters. The highest BCUT2D eigenvalue weighted by Gasteiger charge is 2.36. The fourth-order valence-corrected chi connectivity index (χ4v) is 5.11. The average Bonchev–Trinajstić information content (AvgIpc) is 2.54. The molecule has 1 aliphatic rings. The molecule has 0 fully saturated rings. The summed E-state index contributed by atoms with van der Waals surface area (Å²) in [6, 6.07) is 8.95. The van der Waals surface area contributed by atoms with Gasteiger partial charge < -0.3 is 9.47 Å². The number of sulfonamides is 1. The van der Waals surface area contributed by atoms with Crippen molar-refractivity contribution in [1.29, 1.82) is 0 Å². The van der Waals surface area contributed by atoms with Crippen LogP contribution < -0.4 is 14.2 Å². The molecule has 2 aromatic rings. The average molecular weight is 390 g/mol. The van der Waals surface area contributed by atoms with Gasteiger partial charge in [0.2, 0.25) is 10.0 Å². The van der Waals surface area contributed by atoms with Gasteiger partial charge in [0.05, 0.1) is 18.0 Å². The summed E-state index contributed by atoms with van der Waals surface area (Å²) in [5, 5.41) is 0. The van der Waals surface area contributed by atoms with E-state index in [4.69, 9.17) is 9.47 Å². The van der Waals surface area contributed by atoms with Crippen molar-refractivity contribution in [2.45, 2.75) is 57.6 Å². The van der Waals surface area contributed by atoms with Gasteiger partial charge in [-0.2, -0.15) is 0 Å². The molecule has 1 N–H and O–H groups in total. The van der Waals surface area contributed by atoms with E-state index in [0.717, 1.165) is 22.4 Å². The van der Waals surface area contributed by atoms with Crippen molar-refractivity contribution in [2.75, 3.05) is 7.11 Å². The largest absolute Gasteiger partial charge is 0.496 e. The highest BCUT2D eigenvalue weighted by Crippen LogP contribution is 2.40. The second-order valence-electron chi connectivity index (χ2n) is 7.87. The fraction of sp³-hybridized carbons (Fsp3) is 0.429. The van der Waals surface area contributed by atoms with E-state index in [1.165, 1.54) is 0 Å². The van der Waals surface area contributed by atoms with Crippen molar-refractivity contribution in [3.63, 3.8) is 0 Å². The summed E-state index contributed by atoms with van der Waals surface area (Å²) in [6.07, 6.45) is 0.552. The summed E-state index contributed by atoms with van der Waals surface area (Å²) < 4.78 is 40.6. The Morgan fingerprint density at radius 1 is 1.11 bits per heavy atom. The number of rotatable bonds is 4. The number of nitrogens with one attached hydrogen (secondary N) is 1. The van der Waals surface area contributed by atoms with E-state index in [0.29, 0.717) is 17.7 Å². The van der Waals surface area contributed by atoms with Crippen molar-refractivity contribution in [3.8, 4) is 11.5 Å². The lowest BCUT2D eigenvalue weighted by Crippen LogP contribution is -2.41. The molecule has 1 atom stereocenters. The number of hydrogen-bond donors (Lipinski definition) is 1. The van der Waals surface area contributed by atoms with Crippen LogP contribution in [0.4, 0.5) is 0 Å². The molecule has 0 amide bonds. The van der Waals surface area contributed by atoms with Crippen LogP contribution in [0.3, 0.4) is 0 Å². The number of hydrogen-bond acceptors (Lipinski definition) is 4. The Balaban J connectivity index is 2.00. The van der Waals surface area contributed by atoms with Gasteiger partial charge in [0.15, 0.2) is 0 Å². The molecule has 0 radical (unpaired) electrons. The Morgan fingerprint density at radius 3 is 2.48 bits per heavy atom. The van der Waals surface area contributed by atoms with Gasteiger partial charge in [0.25, 0.3) is 0 Å². The van der Waals surface area contributed by atoms with Gasteiger partial charge in [-0.25, -0.2) is 13.1 Å². The quantitative estimate of drug-likeness (QED) is 0.851. The molecule has 146 valence electrons. The summed E-state index contributed by atoms with van der Waals surface area (Å²) in [4.78, 5) is 0.277. The van der Waals surface area contributed by atoms with Crippen LogP contribution in [-0.4, -0.2) is 21.1 Å². The number of fused-ring (bicyclic) bond motifs is 1. The smallest absolute Gasteiger partial charge is 0.241 e. The van der Waals surface area contributed by atoms with Gasteiger partial charge in [-0.3, -0.25) is 0 Å². The minimum Gasteiger partial charge on any atom is -0.496 e. The SMILES string of the molecule is COc1cc(C)c(S(=O)(=O)N[C@@H]2CC(C)(C)Oc3cc(C)ccc32)cc1C. The second-order valence-corrected chi connectivity index (χ2v) is 9.55. The zero-order valence-corrected chi connectivity index (χ0v) is 17.5. The van der Waals surface area contributed by atoms with Gasteiger partial charge in [-0.15, -0.1) is 0 Å². The van der Waals surface area contributed by atoms with E-state index < -0.39 is 15.6 Å². The number of methoxy groups -OCH3 is 1. The number of benzene rings is 2. The van der Waals surface area contributed by atoms with Gasteiger partial charge in [0.1, 0.15) is 17.1 Å². The lowest BCUT2D eigenvalue weighted by molar-refractivity contribution is 0.0701. The molecule has 0 saturated carbocycles. The topological polar surface area (TPSA) is 64.6 Å². The Morgan fingerprint density at radius 2 is 1.81 bits per heavy atom. The first kappa shape index (κ1) is 19.7. The Labute approximate surface area is 161 Å². The fourth-order valence-electron chi connectivity index (χ4n) is 3.59. The van der Waals surface area contributed by atoms with Crippen LogP contribution in [0.25, 0.3) is 0 Å². The van der Waals surface area contributed by atoms with E-state index in [9.17, 15) is 8.42 Å². The molecule has 1 heterocycles. The lowest BCUT2D eigenvalue weighted by atomic mass is 9.90. The molecule has 0 aromatic heterocycles. The van der Waals surface area contributed by atoms with Crippen LogP contribution in [-0.2, 0) is 10.0 Å². The highest BCUT2D eigenvalue weighted by atomic mass is 32.2. The molecule has 5 nitrogen and oxygen atoms in total. The first-order chi connectivity index (χ1) is 12.5. The van der Waals surface area contributed by atoms with Crippen LogP contribution in [0, 0.1) is 20.8 Å². The van der Waals surface area contributed by atoms with Crippen molar-refractivity contribution >= 4 is 10.0 Å². The molecule has 0 bridgehead atoms. The van der Waals surface area contributed by atoms with Crippen LogP contribution >= 0.6 is 0 Å². The first-order valence-corrected chi connectivity index (χ1v) is 10.5. The third kappa shape index (κ3) is 3.96. The monoisotopic (exact) mass is 389 g/mol.